The van der Waals surface area contributed by atoms with Crippen LogP contribution in [0, 0.1) is 0 Å². The van der Waals surface area contributed by atoms with Crippen LogP contribution >= 0.6 is 0 Å². The summed E-state index contributed by atoms with van der Waals surface area (Å²) in [5.74, 6) is 0.289. The Bertz CT molecular complexity index is 933. The van der Waals surface area contributed by atoms with Gasteiger partial charge in [-0.25, -0.2) is 8.42 Å². The smallest absolute Gasteiger partial charge is 0.262 e. The Morgan fingerprint density at radius 3 is 2.29 bits per heavy atom. The topological polar surface area (TPSA) is 84.9 Å². The number of carbonyl (C=O) groups is 1. The summed E-state index contributed by atoms with van der Waals surface area (Å²) in [5, 5.41) is 0. The van der Waals surface area contributed by atoms with Crippen LogP contribution in [0.15, 0.2) is 53.4 Å². The van der Waals surface area contributed by atoms with E-state index in [1.165, 1.54) is 31.4 Å². The number of carbonyl (C=O) groups excluding carboxylic acids is 1. The highest BCUT2D eigenvalue weighted by Gasteiger charge is 2.27. The largest absolute Gasteiger partial charge is 0.495 e. The Hall–Kier alpha value is -2.58. The third-order valence-corrected chi connectivity index (χ3v) is 5.85. The molecule has 8 heteroatoms. The van der Waals surface area contributed by atoms with Crippen LogP contribution in [0.5, 0.6) is 5.75 Å². The average molecular weight is 404 g/mol. The average Bonchev–Trinajstić information content (AvgIpc) is 2.67. The predicted octanol–water partition coefficient (Wildman–Crippen LogP) is 2.75. The van der Waals surface area contributed by atoms with E-state index in [0.717, 1.165) is 0 Å². The molecule has 1 saturated heterocycles. The summed E-state index contributed by atoms with van der Waals surface area (Å²) in [6, 6.07) is 12.7. The molecular weight excluding hydrogens is 380 g/mol. The molecule has 0 radical (unpaired) electrons. The SMILES string of the molecule is COc1ccccc1NS(=O)(=O)c1ccc(C(=O)N2C[C@H](C)O[C@@H](C)C2)cc1. The zero-order valence-corrected chi connectivity index (χ0v) is 16.9. The van der Waals surface area contributed by atoms with Crippen LogP contribution in [0.2, 0.25) is 0 Å². The quantitative estimate of drug-likeness (QED) is 0.828. The third kappa shape index (κ3) is 4.45. The van der Waals surface area contributed by atoms with Crippen molar-refractivity contribution in [3.63, 3.8) is 0 Å². The molecule has 1 N–H and O–H groups in total. The first-order valence-electron chi connectivity index (χ1n) is 9.01. The van der Waals surface area contributed by atoms with E-state index in [4.69, 9.17) is 9.47 Å². The van der Waals surface area contributed by atoms with Crippen molar-refractivity contribution in [2.45, 2.75) is 31.0 Å². The molecule has 0 spiro atoms. The Kier molecular flexibility index (Phi) is 5.90. The van der Waals surface area contributed by atoms with Crippen molar-refractivity contribution in [3.8, 4) is 5.75 Å². The summed E-state index contributed by atoms with van der Waals surface area (Å²) in [5.41, 5.74) is 0.791. The number of sulfonamides is 1. The number of nitrogens with one attached hydrogen (secondary N) is 1. The van der Waals surface area contributed by atoms with Gasteiger partial charge in [0, 0.05) is 18.7 Å². The monoisotopic (exact) mass is 404 g/mol. The first-order valence-corrected chi connectivity index (χ1v) is 10.5. The number of methoxy groups -OCH3 is 1. The summed E-state index contributed by atoms with van der Waals surface area (Å²) in [6.45, 7) is 4.88. The fraction of sp³-hybridized carbons (Fsp3) is 0.350. The van der Waals surface area contributed by atoms with Crippen molar-refractivity contribution in [1.29, 1.82) is 0 Å². The highest BCUT2D eigenvalue weighted by atomic mass is 32.2. The van der Waals surface area contributed by atoms with Gasteiger partial charge in [-0.05, 0) is 50.2 Å². The maximum absolute atomic E-state index is 12.7. The minimum atomic E-state index is -3.81. The fourth-order valence-electron chi connectivity index (χ4n) is 3.24. The maximum atomic E-state index is 12.7. The molecule has 2 atom stereocenters. The fourth-order valence-corrected chi connectivity index (χ4v) is 4.31. The standard InChI is InChI=1S/C20H24N2O5S/c1-14-12-22(13-15(2)27-14)20(23)16-8-10-17(11-9-16)28(24,25)21-18-6-4-5-7-19(18)26-3/h4-11,14-15,21H,12-13H2,1-3H3/t14-,15-/m0/s1. The molecule has 0 bridgehead atoms. The number of hydrogen-bond acceptors (Lipinski definition) is 5. The van der Waals surface area contributed by atoms with Crippen LogP contribution in [-0.2, 0) is 14.8 Å². The van der Waals surface area contributed by atoms with Crippen LogP contribution in [0.3, 0.4) is 0 Å². The number of amides is 1. The molecular formula is C20H24N2O5S. The second kappa shape index (κ2) is 8.20. The number of para-hydroxylation sites is 2. The van der Waals surface area contributed by atoms with Gasteiger partial charge in [-0.15, -0.1) is 0 Å². The highest BCUT2D eigenvalue weighted by molar-refractivity contribution is 7.92. The molecule has 0 aromatic heterocycles. The normalized spacial score (nSPS) is 19.9. The van der Waals surface area contributed by atoms with Crippen molar-refractivity contribution in [2.24, 2.45) is 0 Å². The molecule has 150 valence electrons. The lowest BCUT2D eigenvalue weighted by Crippen LogP contribution is -2.48. The number of anilines is 1. The molecule has 0 aliphatic carbocycles. The van der Waals surface area contributed by atoms with Crippen molar-refractivity contribution < 1.29 is 22.7 Å². The Morgan fingerprint density at radius 1 is 1.07 bits per heavy atom. The van der Waals surface area contributed by atoms with Crippen LogP contribution in [0.25, 0.3) is 0 Å². The van der Waals surface area contributed by atoms with Crippen LogP contribution in [0.4, 0.5) is 5.69 Å². The van der Waals surface area contributed by atoms with E-state index >= 15 is 0 Å². The van der Waals surface area contributed by atoms with E-state index in [0.29, 0.717) is 30.1 Å². The first-order chi connectivity index (χ1) is 13.3. The third-order valence-electron chi connectivity index (χ3n) is 4.47. The summed E-state index contributed by atoms with van der Waals surface area (Å²) in [4.78, 5) is 14.5. The molecule has 0 unspecified atom stereocenters. The van der Waals surface area contributed by atoms with E-state index in [1.54, 1.807) is 29.2 Å². The second-order valence-corrected chi connectivity index (χ2v) is 8.48. The molecule has 2 aromatic rings. The van der Waals surface area contributed by atoms with E-state index < -0.39 is 10.0 Å². The van der Waals surface area contributed by atoms with E-state index in [1.807, 2.05) is 13.8 Å². The van der Waals surface area contributed by atoms with E-state index in [9.17, 15) is 13.2 Å². The lowest BCUT2D eigenvalue weighted by Gasteiger charge is -2.35. The molecule has 1 heterocycles. The zero-order chi connectivity index (χ0) is 20.3. The van der Waals surface area contributed by atoms with Crippen LogP contribution < -0.4 is 9.46 Å². The van der Waals surface area contributed by atoms with Gasteiger partial charge in [0.25, 0.3) is 15.9 Å². The van der Waals surface area contributed by atoms with Crippen molar-refractivity contribution >= 4 is 21.6 Å². The molecule has 1 aliphatic heterocycles. The van der Waals surface area contributed by atoms with Gasteiger partial charge < -0.3 is 14.4 Å². The number of ether oxygens (including phenoxy) is 2. The van der Waals surface area contributed by atoms with Gasteiger partial charge in [-0.3, -0.25) is 9.52 Å². The van der Waals surface area contributed by atoms with E-state index in [-0.39, 0.29) is 23.0 Å². The number of nitrogens with zero attached hydrogens (tertiary/aromatic N) is 1. The van der Waals surface area contributed by atoms with Crippen molar-refractivity contribution in [1.82, 2.24) is 4.90 Å². The molecule has 7 nitrogen and oxygen atoms in total. The zero-order valence-electron chi connectivity index (χ0n) is 16.1. The van der Waals surface area contributed by atoms with Gasteiger partial charge in [-0.2, -0.15) is 0 Å². The summed E-state index contributed by atoms with van der Waals surface area (Å²) in [6.07, 6.45) is -0.0604. The Balaban J connectivity index is 1.77. The van der Waals surface area contributed by atoms with Crippen molar-refractivity contribution in [3.05, 3.63) is 54.1 Å². The second-order valence-electron chi connectivity index (χ2n) is 6.80. The molecule has 1 fully saturated rings. The predicted molar refractivity (Wildman–Crippen MR) is 106 cm³/mol. The lowest BCUT2D eigenvalue weighted by atomic mass is 10.1. The van der Waals surface area contributed by atoms with Crippen LogP contribution in [0.1, 0.15) is 24.2 Å². The van der Waals surface area contributed by atoms with Gasteiger partial charge in [0.1, 0.15) is 5.75 Å². The first kappa shape index (κ1) is 20.2. The molecule has 3 rings (SSSR count). The minimum Gasteiger partial charge on any atom is -0.495 e. The minimum absolute atomic E-state index is 0.0302. The molecule has 1 aliphatic rings. The number of morpholine rings is 1. The van der Waals surface area contributed by atoms with Gasteiger partial charge in [0.2, 0.25) is 0 Å². The molecule has 2 aromatic carbocycles. The molecule has 28 heavy (non-hydrogen) atoms. The summed E-state index contributed by atoms with van der Waals surface area (Å²) < 4.78 is 38.7. The summed E-state index contributed by atoms with van der Waals surface area (Å²) in [7, 11) is -2.33. The van der Waals surface area contributed by atoms with Gasteiger partial charge in [0.05, 0.1) is 29.9 Å². The van der Waals surface area contributed by atoms with Gasteiger partial charge in [-0.1, -0.05) is 12.1 Å². The Morgan fingerprint density at radius 2 is 1.68 bits per heavy atom. The Labute approximate surface area is 165 Å². The maximum Gasteiger partial charge on any atom is 0.262 e. The molecule has 1 amide bonds. The highest BCUT2D eigenvalue weighted by Crippen LogP contribution is 2.26. The van der Waals surface area contributed by atoms with Crippen molar-refractivity contribution in [2.75, 3.05) is 24.9 Å². The van der Waals surface area contributed by atoms with Gasteiger partial charge >= 0.3 is 0 Å². The van der Waals surface area contributed by atoms with Crippen LogP contribution in [-0.4, -0.2) is 51.6 Å². The van der Waals surface area contributed by atoms with Gasteiger partial charge in [0.15, 0.2) is 0 Å². The lowest BCUT2D eigenvalue weighted by molar-refractivity contribution is -0.0586. The van der Waals surface area contributed by atoms with E-state index in [2.05, 4.69) is 4.72 Å². The number of rotatable bonds is 5. The number of benzene rings is 2. The molecule has 0 saturated carbocycles. The summed E-state index contributed by atoms with van der Waals surface area (Å²) >= 11 is 0. The number of hydrogen-bond donors (Lipinski definition) is 1.